The van der Waals surface area contributed by atoms with Gasteiger partial charge in [0.05, 0.1) is 12.9 Å². The number of rotatable bonds is 7. The van der Waals surface area contributed by atoms with Crippen LogP contribution in [-0.4, -0.2) is 44.1 Å². The average molecular weight is 313 g/mol. The van der Waals surface area contributed by atoms with Crippen LogP contribution in [0.25, 0.3) is 0 Å². The van der Waals surface area contributed by atoms with E-state index in [2.05, 4.69) is 4.74 Å². The van der Waals surface area contributed by atoms with Gasteiger partial charge in [0, 0.05) is 6.04 Å². The zero-order valence-electron chi connectivity index (χ0n) is 12.9. The minimum atomic E-state index is -3.54. The highest BCUT2D eigenvalue weighted by atomic mass is 32.2. The number of benzene rings is 1. The monoisotopic (exact) mass is 313 g/mol. The highest BCUT2D eigenvalue weighted by Gasteiger charge is 2.29. The summed E-state index contributed by atoms with van der Waals surface area (Å²) in [5, 5.41) is 0. The van der Waals surface area contributed by atoms with E-state index in [4.69, 9.17) is 0 Å². The maximum absolute atomic E-state index is 12.5. The minimum Gasteiger partial charge on any atom is -0.468 e. The molecule has 0 aliphatic carbocycles. The molecule has 1 atom stereocenters. The van der Waals surface area contributed by atoms with E-state index < -0.39 is 16.0 Å². The summed E-state index contributed by atoms with van der Waals surface area (Å²) >= 11 is 0. The highest BCUT2D eigenvalue weighted by Crippen LogP contribution is 2.20. The Morgan fingerprint density at radius 1 is 1.19 bits per heavy atom. The van der Waals surface area contributed by atoms with Crippen molar-refractivity contribution < 1.29 is 17.9 Å². The van der Waals surface area contributed by atoms with Crippen molar-refractivity contribution in [1.29, 1.82) is 0 Å². The molecule has 118 valence electrons. The lowest BCUT2D eigenvalue weighted by Gasteiger charge is -2.26. The van der Waals surface area contributed by atoms with Crippen LogP contribution >= 0.6 is 0 Å². The van der Waals surface area contributed by atoms with Crippen LogP contribution in [0.3, 0.4) is 0 Å². The summed E-state index contributed by atoms with van der Waals surface area (Å²) < 4.78 is 30.8. The molecular formula is C15H23NO4S. The van der Waals surface area contributed by atoms with E-state index >= 15 is 0 Å². The minimum absolute atomic E-state index is 0.0355. The van der Waals surface area contributed by atoms with Gasteiger partial charge < -0.3 is 4.74 Å². The molecule has 1 aromatic rings. The third-order valence-corrected chi connectivity index (χ3v) is 5.46. The van der Waals surface area contributed by atoms with Crippen LogP contribution < -0.4 is 0 Å². The molecule has 0 bridgehead atoms. The van der Waals surface area contributed by atoms with Gasteiger partial charge in [0.25, 0.3) is 0 Å². The van der Waals surface area contributed by atoms with E-state index in [-0.39, 0.29) is 24.3 Å². The Balaban J connectivity index is 2.89. The summed E-state index contributed by atoms with van der Waals surface area (Å²) in [6.07, 6.45) is 0. The fourth-order valence-corrected chi connectivity index (χ4v) is 4.04. The van der Waals surface area contributed by atoms with Crippen LogP contribution in [0.15, 0.2) is 30.3 Å². The lowest BCUT2D eigenvalue weighted by molar-refractivity contribution is -0.141. The number of sulfonamides is 1. The van der Waals surface area contributed by atoms with Crippen molar-refractivity contribution in [3.8, 4) is 0 Å². The first-order valence-electron chi connectivity index (χ1n) is 6.89. The molecule has 21 heavy (non-hydrogen) atoms. The van der Waals surface area contributed by atoms with Crippen molar-refractivity contribution in [3.05, 3.63) is 35.9 Å². The first-order chi connectivity index (χ1) is 9.77. The van der Waals surface area contributed by atoms with Gasteiger partial charge in [0.1, 0.15) is 6.54 Å². The Hall–Kier alpha value is -1.40. The fraction of sp³-hybridized carbons (Fsp3) is 0.533. The lowest BCUT2D eigenvalue weighted by atomic mass is 10.0. The van der Waals surface area contributed by atoms with E-state index in [0.717, 1.165) is 5.56 Å². The van der Waals surface area contributed by atoms with Crippen LogP contribution in [0.5, 0.6) is 0 Å². The molecule has 0 spiro atoms. The van der Waals surface area contributed by atoms with Crippen molar-refractivity contribution in [2.75, 3.05) is 19.4 Å². The Morgan fingerprint density at radius 2 is 1.76 bits per heavy atom. The number of carbonyl (C=O) groups excluding carboxylic acids is 1. The molecular weight excluding hydrogens is 290 g/mol. The second-order valence-corrected chi connectivity index (χ2v) is 7.27. The maximum Gasteiger partial charge on any atom is 0.321 e. The molecule has 0 aliphatic heterocycles. The summed E-state index contributed by atoms with van der Waals surface area (Å²) in [7, 11) is -2.29. The zero-order valence-corrected chi connectivity index (χ0v) is 13.8. The first kappa shape index (κ1) is 17.7. The molecule has 1 unspecified atom stereocenters. The molecule has 0 aromatic heterocycles. The molecule has 0 aliphatic rings. The van der Waals surface area contributed by atoms with E-state index in [0.29, 0.717) is 0 Å². The number of hydrogen-bond acceptors (Lipinski definition) is 4. The van der Waals surface area contributed by atoms with Gasteiger partial charge in [-0.1, -0.05) is 37.3 Å². The Bertz CT molecular complexity index is 554. The SMILES string of the molecule is COC(=O)CN(C(C)C)S(=O)(=O)CC(C)c1ccccc1. The molecule has 0 fully saturated rings. The van der Waals surface area contributed by atoms with Gasteiger partial charge in [0.2, 0.25) is 10.0 Å². The number of carbonyl (C=O) groups is 1. The second kappa shape index (κ2) is 7.56. The van der Waals surface area contributed by atoms with Gasteiger partial charge >= 0.3 is 5.97 Å². The molecule has 5 nitrogen and oxygen atoms in total. The number of hydrogen-bond donors (Lipinski definition) is 0. The maximum atomic E-state index is 12.5. The van der Waals surface area contributed by atoms with Crippen LogP contribution in [-0.2, 0) is 19.6 Å². The average Bonchev–Trinajstić information content (AvgIpc) is 2.44. The number of ether oxygens (including phenoxy) is 1. The van der Waals surface area contributed by atoms with Gasteiger partial charge in [-0.25, -0.2) is 8.42 Å². The van der Waals surface area contributed by atoms with Gasteiger partial charge in [0.15, 0.2) is 0 Å². The Kier molecular flexibility index (Phi) is 6.36. The van der Waals surface area contributed by atoms with Gasteiger partial charge in [-0.2, -0.15) is 4.31 Å². The molecule has 6 heteroatoms. The van der Waals surface area contributed by atoms with Crippen molar-refractivity contribution in [2.45, 2.75) is 32.7 Å². The Labute approximate surface area is 127 Å². The molecule has 0 radical (unpaired) electrons. The molecule has 0 heterocycles. The molecule has 0 saturated heterocycles. The molecule has 0 amide bonds. The normalized spacial score (nSPS) is 13.4. The largest absolute Gasteiger partial charge is 0.468 e. The quantitative estimate of drug-likeness (QED) is 0.722. The predicted molar refractivity (Wildman–Crippen MR) is 82.5 cm³/mol. The Morgan fingerprint density at radius 3 is 2.24 bits per heavy atom. The van der Waals surface area contributed by atoms with Crippen LogP contribution in [0.1, 0.15) is 32.3 Å². The topological polar surface area (TPSA) is 63.7 Å². The third-order valence-electron chi connectivity index (χ3n) is 3.28. The molecule has 1 rings (SSSR count). The number of methoxy groups -OCH3 is 1. The highest BCUT2D eigenvalue weighted by molar-refractivity contribution is 7.89. The summed E-state index contributed by atoms with van der Waals surface area (Å²) in [6.45, 7) is 5.10. The first-order valence-corrected chi connectivity index (χ1v) is 8.50. The number of nitrogens with zero attached hydrogens (tertiary/aromatic N) is 1. The summed E-state index contributed by atoms with van der Waals surface area (Å²) in [5.41, 5.74) is 0.961. The predicted octanol–water partition coefficient (Wildman–Crippen LogP) is 2.00. The van der Waals surface area contributed by atoms with Gasteiger partial charge in [-0.05, 0) is 25.3 Å². The molecule has 0 saturated carbocycles. The van der Waals surface area contributed by atoms with Gasteiger partial charge in [-0.3, -0.25) is 4.79 Å². The smallest absolute Gasteiger partial charge is 0.321 e. The summed E-state index contributed by atoms with van der Waals surface area (Å²) in [4.78, 5) is 11.4. The zero-order chi connectivity index (χ0) is 16.0. The lowest BCUT2D eigenvalue weighted by Crippen LogP contribution is -2.43. The van der Waals surface area contributed by atoms with E-state index in [1.54, 1.807) is 13.8 Å². The van der Waals surface area contributed by atoms with E-state index in [9.17, 15) is 13.2 Å². The van der Waals surface area contributed by atoms with Crippen molar-refractivity contribution in [1.82, 2.24) is 4.31 Å². The number of esters is 1. The van der Waals surface area contributed by atoms with Crippen LogP contribution in [0.4, 0.5) is 0 Å². The fourth-order valence-electron chi connectivity index (χ4n) is 2.08. The summed E-state index contributed by atoms with van der Waals surface area (Å²) in [5.74, 6) is -0.735. The van der Waals surface area contributed by atoms with E-state index in [1.165, 1.54) is 11.4 Å². The molecule has 0 N–H and O–H groups in total. The third kappa shape index (κ3) is 5.13. The van der Waals surface area contributed by atoms with Crippen LogP contribution in [0.2, 0.25) is 0 Å². The van der Waals surface area contributed by atoms with Gasteiger partial charge in [-0.15, -0.1) is 0 Å². The van der Waals surface area contributed by atoms with Crippen molar-refractivity contribution in [3.63, 3.8) is 0 Å². The van der Waals surface area contributed by atoms with Crippen LogP contribution in [0, 0.1) is 0 Å². The standard InChI is InChI=1S/C15H23NO4S/c1-12(2)16(10-15(17)20-4)21(18,19)11-13(3)14-8-6-5-7-9-14/h5-9,12-13H,10-11H2,1-4H3. The second-order valence-electron chi connectivity index (χ2n) is 5.31. The molecule has 1 aromatic carbocycles. The van der Waals surface area contributed by atoms with Crippen molar-refractivity contribution >= 4 is 16.0 Å². The van der Waals surface area contributed by atoms with Crippen molar-refractivity contribution in [2.24, 2.45) is 0 Å². The summed E-state index contributed by atoms with van der Waals surface area (Å²) in [6, 6.07) is 9.17. The van der Waals surface area contributed by atoms with E-state index in [1.807, 2.05) is 37.3 Å².